The second kappa shape index (κ2) is 1.36. The largest absolute Gasteiger partial charge is 0.511 e. The maximum absolute atomic E-state index is 9.29. The molecule has 0 amide bonds. The Hall–Kier alpha value is -0.410. The van der Waals surface area contributed by atoms with Crippen molar-refractivity contribution in [2.75, 3.05) is 0 Å². The van der Waals surface area contributed by atoms with Crippen LogP contribution in [-0.4, -0.2) is 20.4 Å². The summed E-state index contributed by atoms with van der Waals surface area (Å²) in [5, 5.41) is 18.2. The zero-order valence-electron chi connectivity index (χ0n) is 4.61. The third-order valence-corrected chi connectivity index (χ3v) is 2.83. The van der Waals surface area contributed by atoms with Crippen LogP contribution >= 0.6 is 11.8 Å². The molecule has 1 fully saturated rings. The van der Waals surface area contributed by atoms with E-state index in [4.69, 9.17) is 5.11 Å². The molecule has 2 nitrogen and oxygen atoms in total. The topological polar surface area (TPSA) is 40.5 Å². The van der Waals surface area contributed by atoms with Gasteiger partial charge in [-0.1, -0.05) is 6.08 Å². The maximum Gasteiger partial charge on any atom is 0.149 e. The Balaban J connectivity index is 2.34. The van der Waals surface area contributed by atoms with Gasteiger partial charge in [0.2, 0.25) is 0 Å². The lowest BCUT2D eigenvalue weighted by Crippen LogP contribution is -2.13. The number of aliphatic hydroxyl groups excluding tert-OH is 1. The van der Waals surface area contributed by atoms with Crippen LogP contribution in [0.1, 0.15) is 0 Å². The molecule has 9 heavy (non-hydrogen) atoms. The van der Waals surface area contributed by atoms with Crippen molar-refractivity contribution in [3.05, 3.63) is 24.0 Å². The predicted octanol–water partition coefficient (Wildman–Crippen LogP) is 0.802. The summed E-state index contributed by atoms with van der Waals surface area (Å²) < 4.78 is 0. The molecule has 0 spiro atoms. The van der Waals surface area contributed by atoms with Crippen LogP contribution in [0.15, 0.2) is 24.0 Å². The molecule has 0 saturated carbocycles. The van der Waals surface area contributed by atoms with Crippen molar-refractivity contribution >= 4 is 11.8 Å². The fourth-order valence-electron chi connectivity index (χ4n) is 0.926. The molecule has 2 rings (SSSR count). The van der Waals surface area contributed by atoms with E-state index in [-0.39, 0.29) is 11.0 Å². The highest BCUT2D eigenvalue weighted by Gasteiger charge is 2.56. The van der Waals surface area contributed by atoms with Crippen LogP contribution in [0.3, 0.4) is 0 Å². The van der Waals surface area contributed by atoms with E-state index in [1.807, 2.05) is 0 Å². The molecule has 2 atom stereocenters. The van der Waals surface area contributed by atoms with E-state index >= 15 is 0 Å². The van der Waals surface area contributed by atoms with Gasteiger partial charge < -0.3 is 10.2 Å². The van der Waals surface area contributed by atoms with Gasteiger partial charge >= 0.3 is 0 Å². The first kappa shape index (κ1) is 5.38. The third kappa shape index (κ3) is 0.618. The van der Waals surface area contributed by atoms with E-state index in [0.29, 0.717) is 0 Å². The van der Waals surface area contributed by atoms with Crippen molar-refractivity contribution in [3.8, 4) is 0 Å². The number of thioether (sulfide) groups is 1. The van der Waals surface area contributed by atoms with E-state index in [2.05, 4.69) is 0 Å². The van der Waals surface area contributed by atoms with Gasteiger partial charge in [-0.3, -0.25) is 0 Å². The molecule has 1 heterocycles. The molecule has 2 aliphatic rings. The average Bonchev–Trinajstić information content (AvgIpc) is 2.43. The van der Waals surface area contributed by atoms with Gasteiger partial charge in [0.15, 0.2) is 0 Å². The first-order chi connectivity index (χ1) is 4.22. The normalized spacial score (nSPS) is 45.9. The van der Waals surface area contributed by atoms with Crippen LogP contribution in [-0.2, 0) is 0 Å². The Morgan fingerprint density at radius 3 is 3.00 bits per heavy atom. The predicted molar refractivity (Wildman–Crippen MR) is 36.2 cm³/mol. The minimum atomic E-state index is -0.765. The van der Waals surface area contributed by atoms with Crippen molar-refractivity contribution in [2.45, 2.75) is 10.2 Å². The van der Waals surface area contributed by atoms with Crippen molar-refractivity contribution in [1.82, 2.24) is 0 Å². The van der Waals surface area contributed by atoms with Crippen LogP contribution in [0.4, 0.5) is 0 Å². The molecule has 0 radical (unpaired) electrons. The number of allylic oxidation sites excluding steroid dienone is 2. The quantitative estimate of drug-likeness (QED) is 0.491. The minimum Gasteiger partial charge on any atom is -0.511 e. The van der Waals surface area contributed by atoms with Crippen molar-refractivity contribution in [2.24, 2.45) is 0 Å². The molecule has 0 aromatic rings. The first-order valence-electron chi connectivity index (χ1n) is 2.71. The summed E-state index contributed by atoms with van der Waals surface area (Å²) in [6.45, 7) is 0. The molecule has 1 aliphatic carbocycles. The second-order valence-corrected chi connectivity index (χ2v) is 3.56. The molecule has 1 saturated heterocycles. The summed E-state index contributed by atoms with van der Waals surface area (Å²) in [6, 6.07) is 0. The Bertz CT molecular complexity index is 209. The maximum atomic E-state index is 9.29. The van der Waals surface area contributed by atoms with Crippen LogP contribution < -0.4 is 0 Å². The van der Waals surface area contributed by atoms with Gasteiger partial charge in [0.1, 0.15) is 15.9 Å². The molecular weight excluding hydrogens is 136 g/mol. The molecular formula is C6H6O2S. The Kier molecular flexibility index (Phi) is 0.811. The fraction of sp³-hybridized carbons (Fsp3) is 0.333. The number of rotatable bonds is 0. The van der Waals surface area contributed by atoms with E-state index in [1.54, 1.807) is 18.2 Å². The van der Waals surface area contributed by atoms with Gasteiger partial charge in [-0.15, -0.1) is 11.8 Å². The number of hydrogen-bond acceptors (Lipinski definition) is 3. The monoisotopic (exact) mass is 142 g/mol. The van der Waals surface area contributed by atoms with Crippen molar-refractivity contribution in [3.63, 3.8) is 0 Å². The number of hydrogen-bond donors (Lipinski definition) is 2. The molecule has 3 heteroatoms. The highest BCUT2D eigenvalue weighted by molar-refractivity contribution is 8.08. The molecule has 0 bridgehead atoms. The minimum absolute atomic E-state index is 0.0810. The van der Waals surface area contributed by atoms with Crippen molar-refractivity contribution in [1.29, 1.82) is 0 Å². The van der Waals surface area contributed by atoms with Crippen LogP contribution in [0, 0.1) is 0 Å². The lowest BCUT2D eigenvalue weighted by atomic mass is 10.1. The Morgan fingerprint density at radius 1 is 1.67 bits per heavy atom. The summed E-state index contributed by atoms with van der Waals surface area (Å²) in [4.78, 5) is -0.765. The summed E-state index contributed by atoms with van der Waals surface area (Å²) in [6.07, 6.45) is 4.98. The van der Waals surface area contributed by atoms with Gasteiger partial charge in [0.25, 0.3) is 0 Å². The lowest BCUT2D eigenvalue weighted by molar-refractivity contribution is 0.209. The van der Waals surface area contributed by atoms with Gasteiger partial charge in [0, 0.05) is 0 Å². The Labute approximate surface area is 56.9 Å². The van der Waals surface area contributed by atoms with E-state index in [0.717, 1.165) is 0 Å². The molecule has 0 unspecified atom stereocenters. The lowest BCUT2D eigenvalue weighted by Gasteiger charge is -2.03. The molecule has 2 N–H and O–H groups in total. The average molecular weight is 142 g/mol. The van der Waals surface area contributed by atoms with Gasteiger partial charge in [0.05, 0.1) is 0 Å². The van der Waals surface area contributed by atoms with E-state index in [1.165, 1.54) is 11.8 Å². The summed E-state index contributed by atoms with van der Waals surface area (Å²) >= 11 is 1.36. The Morgan fingerprint density at radius 2 is 2.44 bits per heavy atom. The number of aliphatic hydroxyl groups is 2. The first-order valence-corrected chi connectivity index (χ1v) is 3.59. The van der Waals surface area contributed by atoms with E-state index in [9.17, 15) is 5.11 Å². The zero-order chi connectivity index (χ0) is 6.48. The van der Waals surface area contributed by atoms with Gasteiger partial charge in [-0.2, -0.15) is 0 Å². The van der Waals surface area contributed by atoms with Gasteiger partial charge in [-0.25, -0.2) is 0 Å². The van der Waals surface area contributed by atoms with Crippen LogP contribution in [0.25, 0.3) is 0 Å². The van der Waals surface area contributed by atoms with Crippen LogP contribution in [0.5, 0.6) is 0 Å². The third-order valence-electron chi connectivity index (χ3n) is 1.50. The standard InChI is InChI=1S/C6H6O2S/c7-4-2-1-3-6(8)5(4)9-6/h1-3,5,7-8H/t5-,6+/m1/s1. The van der Waals surface area contributed by atoms with Crippen molar-refractivity contribution < 1.29 is 10.2 Å². The van der Waals surface area contributed by atoms with Gasteiger partial charge in [-0.05, 0) is 12.2 Å². The van der Waals surface area contributed by atoms with E-state index < -0.39 is 4.93 Å². The summed E-state index contributed by atoms with van der Waals surface area (Å²) in [7, 11) is 0. The van der Waals surface area contributed by atoms with Crippen LogP contribution in [0.2, 0.25) is 0 Å². The highest BCUT2D eigenvalue weighted by atomic mass is 32.2. The molecule has 0 aromatic carbocycles. The molecule has 1 aliphatic heterocycles. The number of fused-ring (bicyclic) bond motifs is 1. The smallest absolute Gasteiger partial charge is 0.149 e. The SMILES string of the molecule is OC1=CC=C[C@]2(O)S[C@H]12. The summed E-state index contributed by atoms with van der Waals surface area (Å²) in [5.74, 6) is 0.282. The highest BCUT2D eigenvalue weighted by Crippen LogP contribution is 2.56. The second-order valence-electron chi connectivity index (χ2n) is 2.20. The molecule has 0 aromatic heterocycles. The zero-order valence-corrected chi connectivity index (χ0v) is 5.43. The fourth-order valence-corrected chi connectivity index (χ4v) is 1.79. The molecule has 48 valence electrons. The summed E-state index contributed by atoms with van der Waals surface area (Å²) in [5.41, 5.74) is 0.